The zero-order valence-corrected chi connectivity index (χ0v) is 12.5. The Kier molecular flexibility index (Phi) is 3.72. The molecule has 1 saturated heterocycles. The summed E-state index contributed by atoms with van der Waals surface area (Å²) in [5.74, 6) is 0.960. The van der Waals surface area contributed by atoms with Crippen LogP contribution in [0.25, 0.3) is 11.1 Å². The summed E-state index contributed by atoms with van der Waals surface area (Å²) in [5, 5.41) is 0. The van der Waals surface area contributed by atoms with Crippen LogP contribution in [-0.4, -0.2) is 49.2 Å². The lowest BCUT2D eigenvalue weighted by molar-refractivity contribution is 0.209. The SMILES string of the molecule is CN(C)C1CN(c2nc(OC(N)=O)ccc2-c2ccoc2)C1. The number of nitrogens with zero attached hydrogens (tertiary/aromatic N) is 3. The van der Waals surface area contributed by atoms with E-state index in [-0.39, 0.29) is 5.88 Å². The lowest BCUT2D eigenvalue weighted by atomic mass is 10.0. The highest BCUT2D eigenvalue weighted by molar-refractivity contribution is 5.77. The van der Waals surface area contributed by atoms with Gasteiger partial charge < -0.3 is 24.7 Å². The molecule has 0 saturated carbocycles. The van der Waals surface area contributed by atoms with Crippen molar-refractivity contribution in [1.82, 2.24) is 9.88 Å². The van der Waals surface area contributed by atoms with Gasteiger partial charge in [-0.25, -0.2) is 4.79 Å². The van der Waals surface area contributed by atoms with Crippen molar-refractivity contribution >= 4 is 11.9 Å². The van der Waals surface area contributed by atoms with Crippen molar-refractivity contribution in [3.8, 4) is 17.0 Å². The normalized spacial score (nSPS) is 15.0. The molecule has 1 aliphatic heterocycles. The van der Waals surface area contributed by atoms with Gasteiger partial charge in [0.05, 0.1) is 12.5 Å². The predicted octanol–water partition coefficient (Wildman–Crippen LogP) is 1.55. The molecule has 0 bridgehead atoms. The first-order chi connectivity index (χ1) is 10.5. The Hall–Kier alpha value is -2.54. The Labute approximate surface area is 128 Å². The Morgan fingerprint density at radius 2 is 2.18 bits per heavy atom. The number of hydrogen-bond acceptors (Lipinski definition) is 6. The number of carbonyl (C=O) groups excluding carboxylic acids is 1. The Balaban J connectivity index is 1.92. The molecule has 22 heavy (non-hydrogen) atoms. The van der Waals surface area contributed by atoms with E-state index in [9.17, 15) is 4.79 Å². The Morgan fingerprint density at radius 3 is 2.77 bits per heavy atom. The molecule has 1 aliphatic rings. The summed E-state index contributed by atoms with van der Waals surface area (Å²) in [7, 11) is 4.11. The molecule has 0 atom stereocenters. The predicted molar refractivity (Wildman–Crippen MR) is 81.8 cm³/mol. The van der Waals surface area contributed by atoms with E-state index in [4.69, 9.17) is 14.9 Å². The molecule has 1 fully saturated rings. The number of hydrogen-bond donors (Lipinski definition) is 1. The number of carbonyl (C=O) groups is 1. The van der Waals surface area contributed by atoms with Gasteiger partial charge in [0, 0.05) is 36.3 Å². The lowest BCUT2D eigenvalue weighted by Crippen LogP contribution is -2.57. The smallest absolute Gasteiger partial charge is 0.411 e. The van der Waals surface area contributed by atoms with Crippen LogP contribution in [0.2, 0.25) is 0 Å². The lowest BCUT2D eigenvalue weighted by Gasteiger charge is -2.44. The van der Waals surface area contributed by atoms with Crippen LogP contribution in [0.1, 0.15) is 0 Å². The number of ether oxygens (including phenoxy) is 1. The van der Waals surface area contributed by atoms with Gasteiger partial charge in [-0.1, -0.05) is 0 Å². The minimum absolute atomic E-state index is 0.197. The highest BCUT2D eigenvalue weighted by Gasteiger charge is 2.31. The monoisotopic (exact) mass is 302 g/mol. The summed E-state index contributed by atoms with van der Waals surface area (Å²) in [5.41, 5.74) is 6.92. The minimum atomic E-state index is -0.871. The topological polar surface area (TPSA) is 84.8 Å². The van der Waals surface area contributed by atoms with E-state index in [2.05, 4.69) is 28.9 Å². The van der Waals surface area contributed by atoms with Crippen molar-refractivity contribution in [2.45, 2.75) is 6.04 Å². The quantitative estimate of drug-likeness (QED) is 0.922. The van der Waals surface area contributed by atoms with Crippen LogP contribution < -0.4 is 15.4 Å². The molecule has 0 spiro atoms. The van der Waals surface area contributed by atoms with Crippen molar-refractivity contribution in [2.24, 2.45) is 5.73 Å². The molecular weight excluding hydrogens is 284 g/mol. The highest BCUT2D eigenvalue weighted by atomic mass is 16.6. The summed E-state index contributed by atoms with van der Waals surface area (Å²) in [6.45, 7) is 1.73. The molecule has 0 radical (unpaired) electrons. The van der Waals surface area contributed by atoms with Crippen molar-refractivity contribution in [1.29, 1.82) is 0 Å². The van der Waals surface area contributed by atoms with E-state index >= 15 is 0 Å². The second kappa shape index (κ2) is 5.69. The molecule has 3 heterocycles. The van der Waals surface area contributed by atoms with Gasteiger partial charge in [0.15, 0.2) is 0 Å². The minimum Gasteiger partial charge on any atom is -0.472 e. The first-order valence-corrected chi connectivity index (χ1v) is 6.97. The number of rotatable bonds is 4. The number of aromatic nitrogens is 1. The van der Waals surface area contributed by atoms with E-state index in [1.54, 1.807) is 18.6 Å². The maximum absolute atomic E-state index is 10.9. The van der Waals surface area contributed by atoms with E-state index in [0.29, 0.717) is 6.04 Å². The molecule has 2 N–H and O–H groups in total. The molecule has 0 unspecified atom stereocenters. The first kappa shape index (κ1) is 14.4. The average molecular weight is 302 g/mol. The standard InChI is InChI=1S/C15H18N4O3/c1-18(2)11-7-19(8-11)14-12(10-5-6-21-9-10)3-4-13(17-14)22-15(16)20/h3-6,9,11H,7-8H2,1-2H3,(H2,16,20). The summed E-state index contributed by atoms with van der Waals surface area (Å²) >= 11 is 0. The van der Waals surface area contributed by atoms with Crippen LogP contribution in [0.4, 0.5) is 10.6 Å². The van der Waals surface area contributed by atoms with E-state index in [1.165, 1.54) is 0 Å². The Bertz CT molecular complexity index is 663. The molecule has 7 nitrogen and oxygen atoms in total. The van der Waals surface area contributed by atoms with Crippen LogP contribution in [0, 0.1) is 0 Å². The van der Waals surface area contributed by atoms with Crippen LogP contribution in [0.5, 0.6) is 5.88 Å². The summed E-state index contributed by atoms with van der Waals surface area (Å²) in [6, 6.07) is 5.84. The van der Waals surface area contributed by atoms with Gasteiger partial charge in [0.1, 0.15) is 5.82 Å². The van der Waals surface area contributed by atoms with Crippen LogP contribution in [-0.2, 0) is 0 Å². The fourth-order valence-electron chi connectivity index (χ4n) is 2.43. The van der Waals surface area contributed by atoms with Crippen LogP contribution in [0.15, 0.2) is 35.1 Å². The van der Waals surface area contributed by atoms with Gasteiger partial charge in [-0.05, 0) is 26.2 Å². The average Bonchev–Trinajstić information content (AvgIpc) is 2.89. The van der Waals surface area contributed by atoms with Crippen molar-refractivity contribution < 1.29 is 13.9 Å². The zero-order valence-electron chi connectivity index (χ0n) is 12.5. The molecule has 2 aromatic heterocycles. The Morgan fingerprint density at radius 1 is 1.41 bits per heavy atom. The van der Waals surface area contributed by atoms with Gasteiger partial charge in [-0.2, -0.15) is 4.98 Å². The summed E-state index contributed by atoms with van der Waals surface area (Å²) < 4.78 is 10.0. The van der Waals surface area contributed by atoms with Gasteiger partial charge in [-0.3, -0.25) is 0 Å². The molecule has 7 heteroatoms. The summed E-state index contributed by atoms with van der Waals surface area (Å²) in [6.07, 6.45) is 2.41. The van der Waals surface area contributed by atoms with E-state index in [1.807, 2.05) is 12.1 Å². The highest BCUT2D eigenvalue weighted by Crippen LogP contribution is 2.34. The maximum atomic E-state index is 10.9. The third-order valence-electron chi connectivity index (χ3n) is 3.78. The van der Waals surface area contributed by atoms with Crippen molar-refractivity contribution in [3.05, 3.63) is 30.7 Å². The number of primary amides is 1. The third-order valence-corrected chi connectivity index (χ3v) is 3.78. The van der Waals surface area contributed by atoms with Crippen molar-refractivity contribution in [2.75, 3.05) is 32.1 Å². The molecular formula is C15H18N4O3. The van der Waals surface area contributed by atoms with Gasteiger partial charge >= 0.3 is 6.09 Å². The second-order valence-electron chi connectivity index (χ2n) is 5.48. The van der Waals surface area contributed by atoms with Crippen molar-refractivity contribution in [3.63, 3.8) is 0 Å². The van der Waals surface area contributed by atoms with E-state index < -0.39 is 6.09 Å². The zero-order chi connectivity index (χ0) is 15.7. The molecule has 3 rings (SSSR count). The number of anilines is 1. The van der Waals surface area contributed by atoms with E-state index in [0.717, 1.165) is 30.0 Å². The largest absolute Gasteiger partial charge is 0.472 e. The molecule has 2 aromatic rings. The first-order valence-electron chi connectivity index (χ1n) is 6.97. The molecule has 0 aliphatic carbocycles. The number of nitrogens with two attached hydrogens (primary N) is 1. The molecule has 1 amide bonds. The number of likely N-dealkylation sites (N-methyl/N-ethyl adjacent to an activating group) is 1. The van der Waals surface area contributed by atoms with Crippen LogP contribution in [0.3, 0.4) is 0 Å². The fraction of sp³-hybridized carbons (Fsp3) is 0.333. The fourth-order valence-corrected chi connectivity index (χ4v) is 2.43. The molecule has 0 aromatic carbocycles. The second-order valence-corrected chi connectivity index (χ2v) is 5.48. The van der Waals surface area contributed by atoms with Crippen LogP contribution >= 0.6 is 0 Å². The third kappa shape index (κ3) is 2.75. The molecule has 116 valence electrons. The number of furan rings is 1. The maximum Gasteiger partial charge on any atom is 0.411 e. The number of amides is 1. The van der Waals surface area contributed by atoms with Gasteiger partial charge in [-0.15, -0.1) is 0 Å². The number of pyridine rings is 1. The van der Waals surface area contributed by atoms with Gasteiger partial charge in [0.25, 0.3) is 0 Å². The van der Waals surface area contributed by atoms with Gasteiger partial charge in [0.2, 0.25) is 5.88 Å². The summed E-state index contributed by atoms with van der Waals surface area (Å²) in [4.78, 5) is 19.7.